The standard InChI is InChI=1S/C25H35NO2Si/c1-20-16-17-22(26(18-20)21(2)27)19-28-29(25(3,4)5,23-12-8-6-9-13-23)24-14-10-7-11-15-24/h6-15,20,22H,16-19H2,1-5H3/t20-,22-/m0/s1. The van der Waals surface area contributed by atoms with Crippen molar-refractivity contribution in [2.75, 3.05) is 13.2 Å². The summed E-state index contributed by atoms with van der Waals surface area (Å²) in [6.45, 7) is 12.2. The van der Waals surface area contributed by atoms with Gasteiger partial charge >= 0.3 is 0 Å². The molecule has 0 unspecified atom stereocenters. The Labute approximate surface area is 177 Å². The number of rotatable bonds is 5. The zero-order valence-electron chi connectivity index (χ0n) is 18.5. The monoisotopic (exact) mass is 409 g/mol. The van der Waals surface area contributed by atoms with Gasteiger partial charge in [0.25, 0.3) is 8.32 Å². The molecular weight excluding hydrogens is 374 g/mol. The van der Waals surface area contributed by atoms with Crippen molar-refractivity contribution in [3.05, 3.63) is 60.7 Å². The number of nitrogens with zero attached hydrogens (tertiary/aromatic N) is 1. The summed E-state index contributed by atoms with van der Waals surface area (Å²) in [5.74, 6) is 0.718. The highest BCUT2D eigenvalue weighted by molar-refractivity contribution is 6.99. The van der Waals surface area contributed by atoms with Crippen LogP contribution in [0.1, 0.15) is 47.5 Å². The van der Waals surface area contributed by atoms with E-state index in [0.29, 0.717) is 12.5 Å². The van der Waals surface area contributed by atoms with Crippen molar-refractivity contribution in [2.24, 2.45) is 5.92 Å². The Morgan fingerprint density at radius 1 is 1.00 bits per heavy atom. The summed E-state index contributed by atoms with van der Waals surface area (Å²) in [4.78, 5) is 14.3. The number of carbonyl (C=O) groups excluding carboxylic acids is 1. The molecule has 1 aliphatic rings. The number of carbonyl (C=O) groups is 1. The summed E-state index contributed by atoms with van der Waals surface area (Å²) in [5.41, 5.74) is 0. The largest absolute Gasteiger partial charge is 0.405 e. The first-order valence-corrected chi connectivity index (χ1v) is 12.7. The van der Waals surface area contributed by atoms with Crippen molar-refractivity contribution in [1.82, 2.24) is 4.90 Å². The van der Waals surface area contributed by atoms with Crippen molar-refractivity contribution in [3.63, 3.8) is 0 Å². The van der Waals surface area contributed by atoms with Crippen LogP contribution in [0.3, 0.4) is 0 Å². The lowest BCUT2D eigenvalue weighted by atomic mass is 9.94. The number of hydrogen-bond donors (Lipinski definition) is 0. The number of amides is 1. The molecule has 1 fully saturated rings. The Morgan fingerprint density at radius 2 is 1.52 bits per heavy atom. The topological polar surface area (TPSA) is 29.5 Å². The second-order valence-corrected chi connectivity index (χ2v) is 13.8. The van der Waals surface area contributed by atoms with E-state index in [9.17, 15) is 4.79 Å². The fraction of sp³-hybridized carbons (Fsp3) is 0.480. The van der Waals surface area contributed by atoms with Gasteiger partial charge in [-0.3, -0.25) is 4.79 Å². The minimum atomic E-state index is -2.55. The Hall–Kier alpha value is -1.91. The molecule has 1 saturated heterocycles. The number of piperidine rings is 1. The van der Waals surface area contributed by atoms with E-state index in [1.54, 1.807) is 6.92 Å². The molecule has 0 aliphatic carbocycles. The number of likely N-dealkylation sites (tertiary alicyclic amines) is 1. The predicted octanol–water partition coefficient (Wildman–Crippen LogP) is 4.21. The molecule has 2 atom stereocenters. The summed E-state index contributed by atoms with van der Waals surface area (Å²) in [5, 5.41) is 2.54. The van der Waals surface area contributed by atoms with Gasteiger partial charge in [-0.25, -0.2) is 0 Å². The maximum absolute atomic E-state index is 12.3. The summed E-state index contributed by atoms with van der Waals surface area (Å²) >= 11 is 0. The third kappa shape index (κ3) is 4.49. The molecular formula is C25H35NO2Si. The van der Waals surface area contributed by atoms with Crippen LogP contribution in [0.15, 0.2) is 60.7 Å². The summed E-state index contributed by atoms with van der Waals surface area (Å²) in [6.07, 6.45) is 2.16. The molecule has 0 saturated carbocycles. The van der Waals surface area contributed by atoms with Crippen LogP contribution in [0.25, 0.3) is 0 Å². The fourth-order valence-electron chi connectivity index (χ4n) is 4.75. The van der Waals surface area contributed by atoms with Crippen LogP contribution < -0.4 is 10.4 Å². The van der Waals surface area contributed by atoms with Gasteiger partial charge in [0.05, 0.1) is 12.6 Å². The summed E-state index contributed by atoms with van der Waals surface area (Å²) in [7, 11) is -2.55. The molecule has 1 aliphatic heterocycles. The lowest BCUT2D eigenvalue weighted by Gasteiger charge is -2.45. The third-order valence-corrected chi connectivity index (χ3v) is 11.3. The Morgan fingerprint density at radius 3 is 1.97 bits per heavy atom. The van der Waals surface area contributed by atoms with E-state index in [1.165, 1.54) is 10.4 Å². The minimum Gasteiger partial charge on any atom is -0.405 e. The van der Waals surface area contributed by atoms with Gasteiger partial charge in [0.1, 0.15) is 0 Å². The molecule has 0 aromatic heterocycles. The molecule has 1 amide bonds. The van der Waals surface area contributed by atoms with Crippen molar-refractivity contribution in [3.8, 4) is 0 Å². The van der Waals surface area contributed by atoms with Crippen molar-refractivity contribution < 1.29 is 9.22 Å². The van der Waals surface area contributed by atoms with Gasteiger partial charge in [-0.15, -0.1) is 0 Å². The highest BCUT2D eigenvalue weighted by atomic mass is 28.4. The SMILES string of the molecule is CC(=O)N1C[C@@H](C)CC[C@H]1CO[Si](c1ccccc1)(c1ccccc1)C(C)(C)C. The van der Waals surface area contributed by atoms with E-state index in [4.69, 9.17) is 4.43 Å². The number of hydrogen-bond acceptors (Lipinski definition) is 2. The van der Waals surface area contributed by atoms with Crippen LogP contribution in [0.5, 0.6) is 0 Å². The first-order valence-electron chi connectivity index (χ1n) is 10.8. The molecule has 0 radical (unpaired) electrons. The van der Waals surface area contributed by atoms with E-state index in [0.717, 1.165) is 19.4 Å². The average Bonchev–Trinajstić information content (AvgIpc) is 2.70. The Balaban J connectivity index is 2.01. The van der Waals surface area contributed by atoms with E-state index in [1.807, 2.05) is 4.90 Å². The average molecular weight is 410 g/mol. The van der Waals surface area contributed by atoms with Crippen LogP contribution >= 0.6 is 0 Å². The molecule has 3 nitrogen and oxygen atoms in total. The lowest BCUT2D eigenvalue weighted by molar-refractivity contribution is -0.134. The van der Waals surface area contributed by atoms with E-state index >= 15 is 0 Å². The van der Waals surface area contributed by atoms with Crippen molar-refractivity contribution in [1.29, 1.82) is 0 Å². The maximum Gasteiger partial charge on any atom is 0.261 e. The first-order chi connectivity index (χ1) is 13.8. The normalized spacial score (nSPS) is 20.5. The molecule has 4 heteroatoms. The van der Waals surface area contributed by atoms with Crippen LogP contribution in [-0.4, -0.2) is 38.3 Å². The van der Waals surface area contributed by atoms with Crippen LogP contribution in [0.4, 0.5) is 0 Å². The van der Waals surface area contributed by atoms with E-state index < -0.39 is 8.32 Å². The molecule has 1 heterocycles. The third-order valence-electron chi connectivity index (χ3n) is 6.26. The molecule has 156 valence electrons. The van der Waals surface area contributed by atoms with Crippen molar-refractivity contribution >= 4 is 24.6 Å². The number of benzene rings is 2. The summed E-state index contributed by atoms with van der Waals surface area (Å²) < 4.78 is 7.07. The minimum absolute atomic E-state index is 0.0429. The predicted molar refractivity (Wildman–Crippen MR) is 123 cm³/mol. The fourth-order valence-corrected chi connectivity index (χ4v) is 9.35. The molecule has 2 aromatic carbocycles. The van der Waals surface area contributed by atoms with Crippen LogP contribution in [0.2, 0.25) is 5.04 Å². The molecule has 0 spiro atoms. The Kier molecular flexibility index (Phi) is 6.64. The smallest absolute Gasteiger partial charge is 0.261 e. The highest BCUT2D eigenvalue weighted by Gasteiger charge is 2.50. The molecule has 2 aromatic rings. The zero-order chi connectivity index (χ0) is 21.1. The molecule has 29 heavy (non-hydrogen) atoms. The van der Waals surface area contributed by atoms with Gasteiger partial charge in [0.2, 0.25) is 5.91 Å². The molecule has 3 rings (SSSR count). The van der Waals surface area contributed by atoms with Crippen LogP contribution in [-0.2, 0) is 9.22 Å². The first kappa shape index (κ1) is 21.8. The lowest BCUT2D eigenvalue weighted by Crippen LogP contribution is -2.67. The van der Waals surface area contributed by atoms with Gasteiger partial charge in [-0.2, -0.15) is 0 Å². The quantitative estimate of drug-likeness (QED) is 0.692. The Bertz CT molecular complexity index is 761. The second kappa shape index (κ2) is 8.84. The highest BCUT2D eigenvalue weighted by Crippen LogP contribution is 2.37. The second-order valence-electron chi connectivity index (χ2n) is 9.48. The van der Waals surface area contributed by atoms with Crippen LogP contribution in [0, 0.1) is 5.92 Å². The maximum atomic E-state index is 12.3. The molecule has 0 N–H and O–H groups in total. The van der Waals surface area contributed by atoms with E-state index in [2.05, 4.69) is 88.4 Å². The summed E-state index contributed by atoms with van der Waals surface area (Å²) in [6, 6.07) is 21.6. The van der Waals surface area contributed by atoms with Gasteiger partial charge in [0.15, 0.2) is 0 Å². The van der Waals surface area contributed by atoms with E-state index in [-0.39, 0.29) is 17.0 Å². The van der Waals surface area contributed by atoms with Gasteiger partial charge < -0.3 is 9.33 Å². The van der Waals surface area contributed by atoms with Crippen molar-refractivity contribution in [2.45, 2.75) is 58.5 Å². The zero-order valence-corrected chi connectivity index (χ0v) is 19.5. The van der Waals surface area contributed by atoms with Gasteiger partial charge in [-0.1, -0.05) is 88.4 Å². The molecule has 0 bridgehead atoms. The van der Waals surface area contributed by atoms with Gasteiger partial charge in [0, 0.05) is 13.5 Å². The van der Waals surface area contributed by atoms with Gasteiger partial charge in [-0.05, 0) is 34.2 Å².